The summed E-state index contributed by atoms with van der Waals surface area (Å²) in [6.45, 7) is 0.676. The van der Waals surface area contributed by atoms with Gasteiger partial charge in [0.1, 0.15) is 29.7 Å². The summed E-state index contributed by atoms with van der Waals surface area (Å²) in [6, 6.07) is 4.67. The molecule has 0 saturated heterocycles. The summed E-state index contributed by atoms with van der Waals surface area (Å²) in [4.78, 5) is 30.5. The molecule has 1 aliphatic heterocycles. The third-order valence-corrected chi connectivity index (χ3v) is 5.19. The van der Waals surface area contributed by atoms with Crippen molar-refractivity contribution >= 4 is 28.1 Å². The first kappa shape index (κ1) is 16.6. The molecule has 1 aliphatic rings. The molecule has 0 bridgehead atoms. The number of pyridine rings is 1. The van der Waals surface area contributed by atoms with Crippen LogP contribution in [0.4, 0.5) is 0 Å². The molecule has 26 heavy (non-hydrogen) atoms. The van der Waals surface area contributed by atoms with Crippen LogP contribution < -0.4 is 21.3 Å². The number of hydrogen-bond donors (Lipinski definition) is 3. The van der Waals surface area contributed by atoms with Crippen molar-refractivity contribution in [3.05, 3.63) is 50.7 Å². The van der Waals surface area contributed by atoms with E-state index in [2.05, 4.69) is 10.3 Å². The van der Waals surface area contributed by atoms with E-state index < -0.39 is 17.5 Å². The Morgan fingerprint density at radius 1 is 1.50 bits per heavy atom. The molecule has 0 fully saturated rings. The van der Waals surface area contributed by atoms with Gasteiger partial charge in [-0.1, -0.05) is 6.07 Å². The van der Waals surface area contributed by atoms with E-state index in [9.17, 15) is 14.7 Å². The molecule has 4 N–H and O–H groups in total. The minimum Gasteiger partial charge on any atom is -0.506 e. The SMILES string of the molecule is NCCNC(=O)c1c(O)c2cccc3c2n(c1=O)C(c1cncs1)CO3. The van der Waals surface area contributed by atoms with Gasteiger partial charge in [-0.2, -0.15) is 0 Å². The van der Waals surface area contributed by atoms with E-state index in [1.807, 2.05) is 0 Å². The molecule has 134 valence electrons. The highest BCUT2D eigenvalue weighted by Gasteiger charge is 2.31. The molecule has 3 aromatic rings. The van der Waals surface area contributed by atoms with Crippen LogP contribution in [0.3, 0.4) is 0 Å². The Balaban J connectivity index is 2.02. The predicted octanol–water partition coefficient (Wildman–Crippen LogP) is 0.834. The Labute approximate surface area is 151 Å². The number of carbonyl (C=O) groups excluding carboxylic acids is 1. The predicted molar refractivity (Wildman–Crippen MR) is 97.0 cm³/mol. The highest BCUT2D eigenvalue weighted by Crippen LogP contribution is 2.38. The molecule has 9 heteroatoms. The number of aromatic nitrogens is 2. The lowest BCUT2D eigenvalue weighted by molar-refractivity contribution is 0.0949. The largest absolute Gasteiger partial charge is 0.506 e. The lowest BCUT2D eigenvalue weighted by Crippen LogP contribution is -2.39. The average molecular weight is 372 g/mol. The number of amides is 1. The number of aromatic hydroxyl groups is 1. The number of benzene rings is 1. The molecule has 2 aromatic heterocycles. The minimum atomic E-state index is -0.649. The number of carbonyl (C=O) groups is 1. The fourth-order valence-corrected chi connectivity index (χ4v) is 3.85. The van der Waals surface area contributed by atoms with Crippen LogP contribution in [0.15, 0.2) is 34.7 Å². The highest BCUT2D eigenvalue weighted by atomic mass is 32.1. The maximum Gasteiger partial charge on any atom is 0.268 e. The molecule has 1 amide bonds. The topological polar surface area (TPSA) is 119 Å². The van der Waals surface area contributed by atoms with Crippen LogP contribution in [0, 0.1) is 0 Å². The number of thiazole rings is 1. The summed E-state index contributed by atoms with van der Waals surface area (Å²) in [6.07, 6.45) is 1.67. The van der Waals surface area contributed by atoms with Crippen LogP contribution in [0.2, 0.25) is 0 Å². The minimum absolute atomic E-state index is 0.206. The molecule has 0 spiro atoms. The van der Waals surface area contributed by atoms with E-state index >= 15 is 0 Å². The molecule has 0 radical (unpaired) electrons. The molecule has 8 nitrogen and oxygen atoms in total. The number of nitrogens with two attached hydrogens (primary N) is 1. The molecule has 0 saturated carbocycles. The quantitative estimate of drug-likeness (QED) is 0.624. The van der Waals surface area contributed by atoms with Crippen LogP contribution in [0.25, 0.3) is 10.9 Å². The van der Waals surface area contributed by atoms with E-state index in [-0.39, 0.29) is 31.0 Å². The molecule has 3 heterocycles. The van der Waals surface area contributed by atoms with E-state index in [0.29, 0.717) is 16.7 Å². The number of para-hydroxylation sites is 1. The summed E-state index contributed by atoms with van der Waals surface area (Å²) in [7, 11) is 0. The summed E-state index contributed by atoms with van der Waals surface area (Å²) in [5.74, 6) is -0.515. The van der Waals surface area contributed by atoms with Crippen molar-refractivity contribution in [1.82, 2.24) is 14.9 Å². The average Bonchev–Trinajstić information content (AvgIpc) is 3.18. The number of nitrogens with one attached hydrogen (secondary N) is 1. The summed E-state index contributed by atoms with van der Waals surface area (Å²) in [5, 5.41) is 13.5. The molecular weight excluding hydrogens is 356 g/mol. The van der Waals surface area contributed by atoms with Crippen LogP contribution in [0.1, 0.15) is 21.3 Å². The number of rotatable bonds is 4. The van der Waals surface area contributed by atoms with Crippen molar-refractivity contribution in [2.75, 3.05) is 19.7 Å². The zero-order valence-electron chi connectivity index (χ0n) is 13.6. The van der Waals surface area contributed by atoms with Crippen molar-refractivity contribution in [2.24, 2.45) is 5.73 Å². The zero-order valence-corrected chi connectivity index (χ0v) is 14.5. The second kappa shape index (κ2) is 6.43. The Morgan fingerprint density at radius 3 is 3.08 bits per heavy atom. The van der Waals surface area contributed by atoms with Gasteiger partial charge in [-0.3, -0.25) is 19.1 Å². The zero-order chi connectivity index (χ0) is 18.3. The van der Waals surface area contributed by atoms with Crippen molar-refractivity contribution in [2.45, 2.75) is 6.04 Å². The van der Waals surface area contributed by atoms with Crippen molar-refractivity contribution < 1.29 is 14.6 Å². The van der Waals surface area contributed by atoms with Gasteiger partial charge in [0.05, 0.1) is 15.9 Å². The Bertz CT molecular complexity index is 1050. The Morgan fingerprint density at radius 2 is 2.35 bits per heavy atom. The van der Waals surface area contributed by atoms with Gasteiger partial charge in [-0.25, -0.2) is 0 Å². The van der Waals surface area contributed by atoms with Gasteiger partial charge in [-0.15, -0.1) is 11.3 Å². The van der Waals surface area contributed by atoms with Crippen molar-refractivity contribution in [3.63, 3.8) is 0 Å². The van der Waals surface area contributed by atoms with Crippen LogP contribution in [-0.4, -0.2) is 40.3 Å². The fourth-order valence-electron chi connectivity index (χ4n) is 3.16. The smallest absolute Gasteiger partial charge is 0.268 e. The third-order valence-electron chi connectivity index (χ3n) is 4.31. The van der Waals surface area contributed by atoms with Gasteiger partial charge < -0.3 is 20.9 Å². The third kappa shape index (κ3) is 2.44. The second-order valence-corrected chi connectivity index (χ2v) is 6.74. The normalized spacial score (nSPS) is 15.7. The fraction of sp³-hybridized carbons (Fsp3) is 0.235. The standard InChI is InChI=1S/C17H16N4O4S/c18-4-5-20-16(23)13-15(22)9-2-1-3-11-14(9)21(17(13)24)10(7-25-11)12-6-19-8-26-12/h1-3,6,8,10,22H,4-5,7,18H2,(H,20,23). The molecule has 1 aromatic carbocycles. The van der Waals surface area contributed by atoms with E-state index in [1.54, 1.807) is 29.9 Å². The maximum absolute atomic E-state index is 13.2. The Hall–Kier alpha value is -2.91. The monoisotopic (exact) mass is 372 g/mol. The molecule has 4 rings (SSSR count). The first-order chi connectivity index (χ1) is 12.6. The number of ether oxygens (including phenoxy) is 1. The summed E-state index contributed by atoms with van der Waals surface area (Å²) < 4.78 is 7.31. The summed E-state index contributed by atoms with van der Waals surface area (Å²) in [5.41, 5.74) is 6.69. The van der Waals surface area contributed by atoms with E-state index in [0.717, 1.165) is 4.88 Å². The van der Waals surface area contributed by atoms with Gasteiger partial charge in [0.25, 0.3) is 11.5 Å². The second-order valence-electron chi connectivity index (χ2n) is 5.83. The van der Waals surface area contributed by atoms with Crippen molar-refractivity contribution in [3.8, 4) is 11.5 Å². The van der Waals surface area contributed by atoms with Crippen LogP contribution >= 0.6 is 11.3 Å². The molecule has 1 atom stereocenters. The number of hydrogen-bond acceptors (Lipinski definition) is 7. The van der Waals surface area contributed by atoms with Gasteiger partial charge >= 0.3 is 0 Å². The van der Waals surface area contributed by atoms with E-state index in [4.69, 9.17) is 10.5 Å². The summed E-state index contributed by atoms with van der Waals surface area (Å²) >= 11 is 1.40. The lowest BCUT2D eigenvalue weighted by atomic mass is 10.1. The van der Waals surface area contributed by atoms with Crippen LogP contribution in [0.5, 0.6) is 11.5 Å². The van der Waals surface area contributed by atoms with Crippen molar-refractivity contribution in [1.29, 1.82) is 0 Å². The van der Waals surface area contributed by atoms with Gasteiger partial charge in [0.2, 0.25) is 0 Å². The Kier molecular flexibility index (Phi) is 4.09. The first-order valence-electron chi connectivity index (χ1n) is 8.03. The molecular formula is C17H16N4O4S. The van der Waals surface area contributed by atoms with Crippen LogP contribution in [-0.2, 0) is 0 Å². The first-order valence-corrected chi connectivity index (χ1v) is 8.91. The molecule has 0 aliphatic carbocycles. The number of nitrogens with zero attached hydrogens (tertiary/aromatic N) is 2. The van der Waals surface area contributed by atoms with Gasteiger partial charge in [-0.05, 0) is 12.1 Å². The van der Waals surface area contributed by atoms with E-state index in [1.165, 1.54) is 15.9 Å². The highest BCUT2D eigenvalue weighted by molar-refractivity contribution is 7.09. The maximum atomic E-state index is 13.2. The van der Waals surface area contributed by atoms with Gasteiger partial charge in [0.15, 0.2) is 0 Å². The molecule has 1 unspecified atom stereocenters. The lowest BCUT2D eigenvalue weighted by Gasteiger charge is -2.28. The van der Waals surface area contributed by atoms with Gasteiger partial charge in [0, 0.05) is 24.7 Å².